The van der Waals surface area contributed by atoms with Crippen molar-refractivity contribution in [1.29, 1.82) is 0 Å². The molecule has 0 amide bonds. The average Bonchev–Trinajstić information content (AvgIpc) is 1.98. The summed E-state index contributed by atoms with van der Waals surface area (Å²) in [6.45, 7) is 0.198. The van der Waals surface area contributed by atoms with Crippen molar-refractivity contribution in [2.45, 2.75) is 6.61 Å². The van der Waals surface area contributed by atoms with Gasteiger partial charge in [-0.05, 0) is 6.07 Å². The Morgan fingerprint density at radius 1 is 1.73 bits per heavy atom. The van der Waals surface area contributed by atoms with Crippen LogP contribution in [0, 0.1) is 5.95 Å². The highest BCUT2D eigenvalue weighted by molar-refractivity contribution is 5.37. The summed E-state index contributed by atoms with van der Waals surface area (Å²) in [6, 6.07) is 1.51. The van der Waals surface area contributed by atoms with Gasteiger partial charge in [0.15, 0.2) is 0 Å². The highest BCUT2D eigenvalue weighted by Gasteiger charge is 2.01. The number of pyridine rings is 1. The van der Waals surface area contributed by atoms with Crippen molar-refractivity contribution >= 4 is 5.69 Å². The van der Waals surface area contributed by atoms with E-state index in [2.05, 4.69) is 4.98 Å². The average molecular weight is 156 g/mol. The van der Waals surface area contributed by atoms with E-state index in [1.807, 2.05) is 0 Å². The maximum Gasteiger partial charge on any atom is 0.218 e. The van der Waals surface area contributed by atoms with E-state index in [-0.39, 0.29) is 6.61 Å². The normalized spacial score (nSPS) is 10.0. The zero-order chi connectivity index (χ0) is 8.27. The van der Waals surface area contributed by atoms with Crippen LogP contribution in [0.25, 0.3) is 0 Å². The molecule has 0 saturated heterocycles. The molecule has 60 valence electrons. The van der Waals surface area contributed by atoms with Crippen molar-refractivity contribution in [3.8, 4) is 0 Å². The van der Waals surface area contributed by atoms with Gasteiger partial charge in [0.05, 0.1) is 18.5 Å². The zero-order valence-electron chi connectivity index (χ0n) is 6.17. The fraction of sp³-hybridized carbons (Fsp3) is 0.286. The lowest BCUT2D eigenvalue weighted by Crippen LogP contribution is -1.97. The van der Waals surface area contributed by atoms with E-state index in [9.17, 15) is 4.39 Å². The first-order valence-corrected chi connectivity index (χ1v) is 3.13. The Morgan fingerprint density at radius 3 is 3.09 bits per heavy atom. The van der Waals surface area contributed by atoms with Crippen LogP contribution in [0.4, 0.5) is 10.1 Å². The molecule has 0 spiro atoms. The van der Waals surface area contributed by atoms with Gasteiger partial charge in [0, 0.05) is 12.7 Å². The molecular formula is C7H9FN2O. The van der Waals surface area contributed by atoms with Crippen LogP contribution in [0.5, 0.6) is 0 Å². The van der Waals surface area contributed by atoms with Crippen molar-refractivity contribution in [2.75, 3.05) is 12.8 Å². The van der Waals surface area contributed by atoms with E-state index >= 15 is 0 Å². The molecular weight excluding hydrogens is 147 g/mol. The highest BCUT2D eigenvalue weighted by Crippen LogP contribution is 2.09. The van der Waals surface area contributed by atoms with E-state index in [0.29, 0.717) is 11.3 Å². The maximum absolute atomic E-state index is 12.7. The van der Waals surface area contributed by atoms with Crippen molar-refractivity contribution in [3.63, 3.8) is 0 Å². The van der Waals surface area contributed by atoms with Crippen molar-refractivity contribution in [1.82, 2.24) is 4.98 Å². The summed E-state index contributed by atoms with van der Waals surface area (Å²) in [5.74, 6) is -0.527. The van der Waals surface area contributed by atoms with E-state index in [0.717, 1.165) is 0 Å². The second-order valence-electron chi connectivity index (χ2n) is 2.15. The standard InChI is InChI=1S/C7H9FN2O/c1-11-4-5-2-6(9)3-10-7(5)8/h2-3H,4,9H2,1H3. The molecule has 3 nitrogen and oxygen atoms in total. The van der Waals surface area contributed by atoms with E-state index < -0.39 is 5.95 Å². The van der Waals surface area contributed by atoms with Gasteiger partial charge < -0.3 is 10.5 Å². The topological polar surface area (TPSA) is 48.1 Å². The number of aromatic nitrogens is 1. The summed E-state index contributed by atoms with van der Waals surface area (Å²) in [5.41, 5.74) is 6.20. The minimum Gasteiger partial charge on any atom is -0.397 e. The van der Waals surface area contributed by atoms with Crippen molar-refractivity contribution in [3.05, 3.63) is 23.8 Å². The molecule has 0 atom stereocenters. The number of hydrogen-bond acceptors (Lipinski definition) is 3. The fourth-order valence-corrected chi connectivity index (χ4v) is 0.769. The van der Waals surface area contributed by atoms with Gasteiger partial charge in [-0.1, -0.05) is 0 Å². The predicted octanol–water partition coefficient (Wildman–Crippen LogP) is 0.949. The maximum atomic E-state index is 12.7. The first kappa shape index (κ1) is 7.94. The lowest BCUT2D eigenvalue weighted by molar-refractivity contribution is 0.180. The molecule has 0 aromatic carbocycles. The first-order valence-electron chi connectivity index (χ1n) is 3.13. The van der Waals surface area contributed by atoms with E-state index in [1.165, 1.54) is 19.4 Å². The fourth-order valence-electron chi connectivity index (χ4n) is 0.769. The largest absolute Gasteiger partial charge is 0.397 e. The second-order valence-corrected chi connectivity index (χ2v) is 2.15. The molecule has 0 saturated carbocycles. The molecule has 1 aromatic heterocycles. The molecule has 0 aliphatic heterocycles. The summed E-state index contributed by atoms with van der Waals surface area (Å²) < 4.78 is 17.4. The van der Waals surface area contributed by atoms with Crippen LogP contribution < -0.4 is 5.73 Å². The minimum absolute atomic E-state index is 0.198. The predicted molar refractivity (Wildman–Crippen MR) is 39.3 cm³/mol. The van der Waals surface area contributed by atoms with E-state index in [1.54, 1.807) is 0 Å². The third kappa shape index (κ3) is 1.88. The number of anilines is 1. The molecule has 0 radical (unpaired) electrons. The Kier molecular flexibility index (Phi) is 2.38. The smallest absolute Gasteiger partial charge is 0.218 e. The number of ether oxygens (including phenoxy) is 1. The highest BCUT2D eigenvalue weighted by atomic mass is 19.1. The van der Waals surface area contributed by atoms with Gasteiger partial charge in [-0.25, -0.2) is 4.98 Å². The summed E-state index contributed by atoms with van der Waals surface area (Å²) in [4.78, 5) is 3.43. The molecule has 2 N–H and O–H groups in total. The summed E-state index contributed by atoms with van der Waals surface area (Å²) in [7, 11) is 1.49. The van der Waals surface area contributed by atoms with Crippen LogP contribution in [0.3, 0.4) is 0 Å². The van der Waals surface area contributed by atoms with Crippen LogP contribution in [0.2, 0.25) is 0 Å². The molecule has 0 aliphatic carbocycles. The van der Waals surface area contributed by atoms with Gasteiger partial charge in [0.25, 0.3) is 0 Å². The molecule has 0 unspecified atom stereocenters. The zero-order valence-corrected chi connectivity index (χ0v) is 6.17. The van der Waals surface area contributed by atoms with Gasteiger partial charge in [0.1, 0.15) is 0 Å². The second kappa shape index (κ2) is 3.30. The number of halogens is 1. The van der Waals surface area contributed by atoms with E-state index in [4.69, 9.17) is 10.5 Å². The molecule has 1 aromatic rings. The lowest BCUT2D eigenvalue weighted by Gasteiger charge is -2.00. The van der Waals surface area contributed by atoms with Crippen molar-refractivity contribution < 1.29 is 9.13 Å². The third-order valence-corrected chi connectivity index (χ3v) is 1.23. The van der Waals surface area contributed by atoms with Crippen molar-refractivity contribution in [2.24, 2.45) is 0 Å². The molecule has 0 bridgehead atoms. The molecule has 1 heterocycles. The molecule has 0 aliphatic rings. The Morgan fingerprint density at radius 2 is 2.45 bits per heavy atom. The number of rotatable bonds is 2. The SMILES string of the molecule is COCc1cc(N)cnc1F. The minimum atomic E-state index is -0.527. The molecule has 0 fully saturated rings. The molecule has 11 heavy (non-hydrogen) atoms. The number of nitrogens with two attached hydrogens (primary N) is 1. The molecule has 1 rings (SSSR count). The number of nitrogen functional groups attached to an aromatic ring is 1. The van der Waals surface area contributed by atoms with Gasteiger partial charge in [-0.15, -0.1) is 0 Å². The monoisotopic (exact) mass is 156 g/mol. The Hall–Kier alpha value is -1.16. The number of methoxy groups -OCH3 is 1. The third-order valence-electron chi connectivity index (χ3n) is 1.23. The number of hydrogen-bond donors (Lipinski definition) is 1. The van der Waals surface area contributed by atoms with Crippen LogP contribution in [-0.2, 0) is 11.3 Å². The van der Waals surface area contributed by atoms with Crippen LogP contribution in [0.15, 0.2) is 12.3 Å². The van der Waals surface area contributed by atoms with Gasteiger partial charge >= 0.3 is 0 Å². The number of nitrogens with zero attached hydrogens (tertiary/aromatic N) is 1. The van der Waals surface area contributed by atoms with Gasteiger partial charge in [0.2, 0.25) is 5.95 Å². The summed E-state index contributed by atoms with van der Waals surface area (Å²) in [5, 5.41) is 0. The summed E-state index contributed by atoms with van der Waals surface area (Å²) in [6.07, 6.45) is 1.27. The lowest BCUT2D eigenvalue weighted by atomic mass is 10.3. The molecule has 4 heteroatoms. The van der Waals surface area contributed by atoms with Gasteiger partial charge in [-0.2, -0.15) is 4.39 Å². The first-order chi connectivity index (χ1) is 5.24. The quantitative estimate of drug-likeness (QED) is 0.648. The van der Waals surface area contributed by atoms with Crippen LogP contribution in [0.1, 0.15) is 5.56 Å². The summed E-state index contributed by atoms with van der Waals surface area (Å²) >= 11 is 0. The van der Waals surface area contributed by atoms with Crippen LogP contribution >= 0.6 is 0 Å². The van der Waals surface area contributed by atoms with Crippen LogP contribution in [-0.4, -0.2) is 12.1 Å². The van der Waals surface area contributed by atoms with Gasteiger partial charge in [-0.3, -0.25) is 0 Å². The Labute approximate surface area is 64.0 Å². The Balaban J connectivity index is 2.93. The Bertz CT molecular complexity index is 252.